The minimum atomic E-state index is -0.310. The van der Waals surface area contributed by atoms with Crippen molar-refractivity contribution >= 4 is 23.7 Å². The third kappa shape index (κ3) is 6.93. The smallest absolute Gasteiger partial charge is 0.232 e. The Bertz CT molecular complexity index is 1300. The number of carbonyl (C=O) groups excluding carboxylic acids is 1. The topological polar surface area (TPSA) is 58.4 Å². The Morgan fingerprint density at radius 3 is 2.51 bits per heavy atom. The van der Waals surface area contributed by atoms with Crippen molar-refractivity contribution in [3.05, 3.63) is 77.4 Å². The van der Waals surface area contributed by atoms with E-state index in [4.69, 9.17) is 4.52 Å². The van der Waals surface area contributed by atoms with Gasteiger partial charge in [0.2, 0.25) is 5.91 Å². The van der Waals surface area contributed by atoms with E-state index in [9.17, 15) is 9.18 Å². The fourth-order valence-corrected chi connectivity index (χ4v) is 5.96. The van der Waals surface area contributed by atoms with E-state index in [1.807, 2.05) is 43.0 Å². The molecule has 3 aromatic rings. The van der Waals surface area contributed by atoms with E-state index in [2.05, 4.69) is 30.3 Å². The summed E-state index contributed by atoms with van der Waals surface area (Å²) in [4.78, 5) is 16.5. The Hall–Kier alpha value is -3.06. The second kappa shape index (κ2) is 12.9. The Kier molecular flexibility index (Phi) is 9.54. The summed E-state index contributed by atoms with van der Waals surface area (Å²) in [7, 11) is 0. The first-order chi connectivity index (χ1) is 18.7. The first kappa shape index (κ1) is 28.9. The fraction of sp³-hybridized carbons (Fsp3) is 0.438. The predicted octanol–water partition coefficient (Wildman–Crippen LogP) is 9.22. The maximum atomic E-state index is 14.3. The summed E-state index contributed by atoms with van der Waals surface area (Å²) in [6.07, 6.45) is 8.21. The molecular formula is C32H40FN3O2S. The summed E-state index contributed by atoms with van der Waals surface area (Å²) in [5.74, 6) is 1.31. The summed E-state index contributed by atoms with van der Waals surface area (Å²) in [5.41, 5.74) is 4.25. The van der Waals surface area contributed by atoms with Gasteiger partial charge in [-0.1, -0.05) is 75.5 Å². The number of amides is 1. The quantitative estimate of drug-likeness (QED) is 0.180. The molecule has 7 heteroatoms. The molecule has 0 spiro atoms. The lowest BCUT2D eigenvalue weighted by Gasteiger charge is -2.33. The van der Waals surface area contributed by atoms with Gasteiger partial charge in [-0.15, -0.1) is 0 Å². The Morgan fingerprint density at radius 1 is 1.15 bits per heavy atom. The number of anilines is 1. The molecule has 2 aromatic carbocycles. The van der Waals surface area contributed by atoms with Crippen LogP contribution in [0.1, 0.15) is 82.1 Å². The molecule has 4 rings (SSSR count). The first-order valence-electron chi connectivity index (χ1n) is 14.0. The molecule has 1 saturated carbocycles. The van der Waals surface area contributed by atoms with E-state index in [0.29, 0.717) is 12.4 Å². The number of hydrogen-bond acceptors (Lipinski definition) is 5. The van der Waals surface area contributed by atoms with Gasteiger partial charge in [0, 0.05) is 21.6 Å². The second-order valence-corrected chi connectivity index (χ2v) is 11.8. The average Bonchev–Trinajstić information content (AvgIpc) is 3.52. The maximum Gasteiger partial charge on any atom is 0.232 e. The SMILES string of the molecule is C=C(CCCCC)N(Cc1ccc(-c2cc(F)ccc2SNc2noc(C)c2C)cc1)C(=O)C1(C)CCCC1. The van der Waals surface area contributed by atoms with Crippen molar-refractivity contribution in [2.75, 3.05) is 4.72 Å². The number of benzene rings is 2. The molecule has 5 nitrogen and oxygen atoms in total. The number of carbonyl (C=O) groups is 1. The predicted molar refractivity (Wildman–Crippen MR) is 158 cm³/mol. The van der Waals surface area contributed by atoms with Crippen molar-refractivity contribution in [2.24, 2.45) is 5.41 Å². The molecule has 0 saturated heterocycles. The molecule has 1 heterocycles. The fourth-order valence-electron chi connectivity index (χ4n) is 5.14. The molecule has 208 valence electrons. The van der Waals surface area contributed by atoms with Gasteiger partial charge in [-0.05, 0) is 86.4 Å². The number of halogens is 1. The van der Waals surface area contributed by atoms with Crippen molar-refractivity contribution in [3.63, 3.8) is 0 Å². The van der Waals surface area contributed by atoms with Crippen LogP contribution in [0.4, 0.5) is 10.2 Å². The van der Waals surface area contributed by atoms with Gasteiger partial charge in [-0.25, -0.2) is 4.39 Å². The van der Waals surface area contributed by atoms with Crippen molar-refractivity contribution < 1.29 is 13.7 Å². The third-order valence-electron chi connectivity index (χ3n) is 7.88. The summed E-state index contributed by atoms with van der Waals surface area (Å²) in [6, 6.07) is 12.8. The highest BCUT2D eigenvalue weighted by molar-refractivity contribution is 8.00. The van der Waals surface area contributed by atoms with Crippen LogP contribution < -0.4 is 4.72 Å². The molecule has 39 heavy (non-hydrogen) atoms. The number of unbranched alkanes of at least 4 members (excludes halogenated alkanes) is 2. The summed E-state index contributed by atoms with van der Waals surface area (Å²) >= 11 is 1.37. The van der Waals surface area contributed by atoms with Crippen LogP contribution >= 0.6 is 11.9 Å². The lowest BCUT2D eigenvalue weighted by molar-refractivity contribution is -0.139. The molecule has 0 atom stereocenters. The molecule has 0 unspecified atom stereocenters. The number of nitrogens with zero attached hydrogens (tertiary/aromatic N) is 2. The lowest BCUT2D eigenvalue weighted by Crippen LogP contribution is -2.40. The average molecular weight is 550 g/mol. The molecule has 1 aliphatic rings. The van der Waals surface area contributed by atoms with Gasteiger partial charge in [0.15, 0.2) is 5.82 Å². The van der Waals surface area contributed by atoms with Crippen LogP contribution in [-0.4, -0.2) is 16.0 Å². The number of nitrogens with one attached hydrogen (secondary N) is 1. The second-order valence-electron chi connectivity index (χ2n) is 10.9. The van der Waals surface area contributed by atoms with Crippen molar-refractivity contribution in [1.29, 1.82) is 0 Å². The van der Waals surface area contributed by atoms with E-state index >= 15 is 0 Å². The molecule has 0 aliphatic heterocycles. The van der Waals surface area contributed by atoms with Crippen LogP contribution in [0.2, 0.25) is 0 Å². The van der Waals surface area contributed by atoms with E-state index in [1.165, 1.54) is 18.0 Å². The number of aromatic nitrogens is 1. The largest absolute Gasteiger partial charge is 0.359 e. The van der Waals surface area contributed by atoms with Crippen LogP contribution in [0, 0.1) is 25.1 Å². The van der Waals surface area contributed by atoms with Crippen LogP contribution in [0.25, 0.3) is 11.1 Å². The molecule has 1 aromatic heterocycles. The van der Waals surface area contributed by atoms with Crippen molar-refractivity contribution in [2.45, 2.75) is 90.5 Å². The molecule has 1 N–H and O–H groups in total. The first-order valence-corrected chi connectivity index (χ1v) is 14.8. The van der Waals surface area contributed by atoms with Gasteiger partial charge < -0.3 is 14.1 Å². The van der Waals surface area contributed by atoms with E-state index in [1.54, 1.807) is 12.1 Å². The summed E-state index contributed by atoms with van der Waals surface area (Å²) < 4.78 is 22.8. The standard InChI is InChI=1S/C32H40FN3O2S/c1-6-7-8-11-22(2)36(31(37)32(5)18-9-10-19-32)21-25-12-14-26(15-13-25)28-20-27(33)16-17-29(28)39-35-30-23(3)24(4)38-34-30/h12-17,20H,2,6-11,18-19,21H2,1,3-5H3,(H,34,35). The zero-order valence-electron chi connectivity index (χ0n) is 23.6. The van der Waals surface area contributed by atoms with Crippen molar-refractivity contribution in [1.82, 2.24) is 10.1 Å². The van der Waals surface area contributed by atoms with Gasteiger partial charge in [0.25, 0.3) is 0 Å². The maximum absolute atomic E-state index is 14.3. The minimum absolute atomic E-state index is 0.193. The van der Waals surface area contributed by atoms with Crippen LogP contribution in [0.3, 0.4) is 0 Å². The highest BCUT2D eigenvalue weighted by Crippen LogP contribution is 2.41. The Morgan fingerprint density at radius 2 is 1.87 bits per heavy atom. The lowest BCUT2D eigenvalue weighted by atomic mass is 9.86. The Labute approximate surface area is 236 Å². The van der Waals surface area contributed by atoms with E-state index in [0.717, 1.165) is 90.0 Å². The van der Waals surface area contributed by atoms with Crippen LogP contribution in [0.5, 0.6) is 0 Å². The molecule has 1 fully saturated rings. The summed E-state index contributed by atoms with van der Waals surface area (Å²) in [6.45, 7) is 12.9. The highest BCUT2D eigenvalue weighted by atomic mass is 32.2. The summed E-state index contributed by atoms with van der Waals surface area (Å²) in [5, 5.41) is 4.05. The van der Waals surface area contributed by atoms with Crippen LogP contribution in [0.15, 0.2) is 64.2 Å². The van der Waals surface area contributed by atoms with Gasteiger partial charge in [-0.2, -0.15) is 0 Å². The van der Waals surface area contributed by atoms with Gasteiger partial charge in [-0.3, -0.25) is 4.79 Å². The highest BCUT2D eigenvalue weighted by Gasteiger charge is 2.39. The number of hydrogen-bond donors (Lipinski definition) is 1. The van der Waals surface area contributed by atoms with Crippen molar-refractivity contribution in [3.8, 4) is 11.1 Å². The van der Waals surface area contributed by atoms with E-state index in [-0.39, 0.29) is 17.1 Å². The Balaban J connectivity index is 1.53. The zero-order valence-corrected chi connectivity index (χ0v) is 24.4. The van der Waals surface area contributed by atoms with Crippen LogP contribution in [-0.2, 0) is 11.3 Å². The number of allylic oxidation sites excluding steroid dienone is 1. The number of rotatable bonds is 12. The molecular weight excluding hydrogens is 509 g/mol. The third-order valence-corrected chi connectivity index (χ3v) is 8.75. The van der Waals surface area contributed by atoms with E-state index < -0.39 is 0 Å². The van der Waals surface area contributed by atoms with Gasteiger partial charge in [0.05, 0.1) is 6.54 Å². The molecule has 1 aliphatic carbocycles. The number of aryl methyl sites for hydroxylation is 1. The van der Waals surface area contributed by atoms with Gasteiger partial charge in [0.1, 0.15) is 11.6 Å². The molecule has 0 radical (unpaired) electrons. The molecule has 0 bridgehead atoms. The minimum Gasteiger partial charge on any atom is -0.359 e. The normalized spacial score (nSPS) is 14.4. The monoisotopic (exact) mass is 549 g/mol. The van der Waals surface area contributed by atoms with Gasteiger partial charge >= 0.3 is 0 Å². The zero-order chi connectivity index (χ0) is 28.0. The molecule has 1 amide bonds.